The van der Waals surface area contributed by atoms with Gasteiger partial charge in [0.05, 0.1) is 17.9 Å². The molecule has 0 bridgehead atoms. The van der Waals surface area contributed by atoms with Crippen molar-refractivity contribution >= 4 is 11.8 Å². The van der Waals surface area contributed by atoms with Gasteiger partial charge in [-0.3, -0.25) is 14.5 Å². The summed E-state index contributed by atoms with van der Waals surface area (Å²) in [5.41, 5.74) is 0.606. The number of hydrogen-bond donors (Lipinski definition) is 1. The maximum Gasteiger partial charge on any atom is 0.255 e. The topological polar surface area (TPSA) is 65.8 Å². The molecule has 3 heterocycles. The van der Waals surface area contributed by atoms with Gasteiger partial charge in [0.2, 0.25) is 5.91 Å². The van der Waals surface area contributed by atoms with Crippen molar-refractivity contribution < 1.29 is 14.0 Å². The first-order valence-corrected chi connectivity index (χ1v) is 8.94. The molecule has 0 radical (unpaired) electrons. The Kier molecular flexibility index (Phi) is 5.23. The molecule has 2 amide bonds. The van der Waals surface area contributed by atoms with Crippen LogP contribution in [0.2, 0.25) is 0 Å². The standard InChI is InChI=1S/C18H27N3O3/c1-13(18(23)21-8-3-4-9-21)20-10-5-15(6-11-20)19-17(22)16-7-12-24-14(16)2/h7,12-13,15H,3-6,8-11H2,1-2H3,(H,19,22). The van der Waals surface area contributed by atoms with Gasteiger partial charge in [-0.1, -0.05) is 0 Å². The Labute approximate surface area is 143 Å². The largest absolute Gasteiger partial charge is 0.469 e. The van der Waals surface area contributed by atoms with E-state index in [1.165, 1.54) is 0 Å². The molecular weight excluding hydrogens is 306 g/mol. The van der Waals surface area contributed by atoms with Gasteiger partial charge >= 0.3 is 0 Å². The van der Waals surface area contributed by atoms with E-state index in [2.05, 4.69) is 10.2 Å². The molecular formula is C18H27N3O3. The number of aryl methyl sites for hydroxylation is 1. The summed E-state index contributed by atoms with van der Waals surface area (Å²) in [7, 11) is 0. The van der Waals surface area contributed by atoms with E-state index >= 15 is 0 Å². The lowest BCUT2D eigenvalue weighted by atomic mass is 10.0. The first-order chi connectivity index (χ1) is 11.6. The highest BCUT2D eigenvalue weighted by Crippen LogP contribution is 2.18. The third-order valence-corrected chi connectivity index (χ3v) is 5.29. The van der Waals surface area contributed by atoms with Crippen LogP contribution < -0.4 is 5.32 Å². The second-order valence-electron chi connectivity index (χ2n) is 6.88. The molecule has 0 spiro atoms. The van der Waals surface area contributed by atoms with Crippen molar-refractivity contribution in [3.8, 4) is 0 Å². The van der Waals surface area contributed by atoms with Crippen LogP contribution in [0.15, 0.2) is 16.7 Å². The molecule has 2 fully saturated rings. The third kappa shape index (κ3) is 3.64. The molecule has 0 aromatic carbocycles. The van der Waals surface area contributed by atoms with E-state index in [-0.39, 0.29) is 23.9 Å². The van der Waals surface area contributed by atoms with E-state index in [0.29, 0.717) is 11.3 Å². The lowest BCUT2D eigenvalue weighted by molar-refractivity contribution is -0.135. The number of carbonyl (C=O) groups excluding carboxylic acids is 2. The van der Waals surface area contributed by atoms with E-state index < -0.39 is 0 Å². The second kappa shape index (κ2) is 7.38. The average Bonchev–Trinajstić information content (AvgIpc) is 3.25. The molecule has 2 aliphatic rings. The minimum atomic E-state index is -0.0686. The van der Waals surface area contributed by atoms with Crippen molar-refractivity contribution in [2.75, 3.05) is 26.2 Å². The molecule has 0 aliphatic carbocycles. The molecule has 6 heteroatoms. The van der Waals surface area contributed by atoms with Gasteiger partial charge in [-0.25, -0.2) is 0 Å². The van der Waals surface area contributed by atoms with Gasteiger partial charge in [0, 0.05) is 32.2 Å². The minimum absolute atomic E-state index is 0.0594. The Balaban J connectivity index is 1.47. The lowest BCUT2D eigenvalue weighted by Crippen LogP contribution is -2.52. The maximum atomic E-state index is 12.5. The Bertz CT molecular complexity index is 584. The third-order valence-electron chi connectivity index (χ3n) is 5.29. The molecule has 1 aromatic rings. The van der Waals surface area contributed by atoms with Crippen molar-refractivity contribution in [3.05, 3.63) is 23.7 Å². The van der Waals surface area contributed by atoms with Crippen molar-refractivity contribution in [1.82, 2.24) is 15.1 Å². The highest BCUT2D eigenvalue weighted by atomic mass is 16.3. The molecule has 6 nitrogen and oxygen atoms in total. The molecule has 1 aromatic heterocycles. The molecule has 3 rings (SSSR count). The number of hydrogen-bond acceptors (Lipinski definition) is 4. The molecule has 132 valence electrons. The predicted octanol–water partition coefficient (Wildman–Crippen LogP) is 1.79. The highest BCUT2D eigenvalue weighted by molar-refractivity contribution is 5.95. The molecule has 2 aliphatic heterocycles. The number of nitrogens with zero attached hydrogens (tertiary/aromatic N) is 2. The van der Waals surface area contributed by atoms with Crippen molar-refractivity contribution in [1.29, 1.82) is 0 Å². The first kappa shape index (κ1) is 17.0. The Morgan fingerprint density at radius 1 is 1.21 bits per heavy atom. The summed E-state index contributed by atoms with van der Waals surface area (Å²) in [4.78, 5) is 29.0. The van der Waals surface area contributed by atoms with Crippen molar-refractivity contribution in [2.45, 2.75) is 51.6 Å². The number of rotatable bonds is 4. The summed E-state index contributed by atoms with van der Waals surface area (Å²) >= 11 is 0. The van der Waals surface area contributed by atoms with Gasteiger partial charge in [0.25, 0.3) is 5.91 Å². The van der Waals surface area contributed by atoms with E-state index in [4.69, 9.17) is 4.42 Å². The summed E-state index contributed by atoms with van der Waals surface area (Å²) in [5, 5.41) is 3.08. The SMILES string of the molecule is Cc1occc1C(=O)NC1CCN(C(C)C(=O)N2CCCC2)CC1. The molecule has 1 unspecified atom stereocenters. The second-order valence-corrected chi connectivity index (χ2v) is 6.88. The Morgan fingerprint density at radius 2 is 1.88 bits per heavy atom. The van der Waals surface area contributed by atoms with Gasteiger partial charge < -0.3 is 14.6 Å². The highest BCUT2D eigenvalue weighted by Gasteiger charge is 2.31. The zero-order valence-electron chi connectivity index (χ0n) is 14.6. The van der Waals surface area contributed by atoms with E-state index in [9.17, 15) is 9.59 Å². The molecule has 1 atom stereocenters. The lowest BCUT2D eigenvalue weighted by Gasteiger charge is -2.36. The van der Waals surface area contributed by atoms with Crippen LogP contribution in [0.5, 0.6) is 0 Å². The fourth-order valence-electron chi connectivity index (χ4n) is 3.67. The maximum absolute atomic E-state index is 12.5. The number of nitrogens with one attached hydrogen (secondary N) is 1. The van der Waals surface area contributed by atoms with Gasteiger partial charge in [-0.05, 0) is 45.6 Å². The van der Waals surface area contributed by atoms with Crippen LogP contribution in [0.4, 0.5) is 0 Å². The molecule has 24 heavy (non-hydrogen) atoms. The van der Waals surface area contributed by atoms with E-state index in [1.807, 2.05) is 11.8 Å². The number of furan rings is 1. The van der Waals surface area contributed by atoms with Gasteiger partial charge in [0.1, 0.15) is 5.76 Å². The van der Waals surface area contributed by atoms with E-state index in [0.717, 1.165) is 51.9 Å². The zero-order valence-corrected chi connectivity index (χ0v) is 14.6. The fourth-order valence-corrected chi connectivity index (χ4v) is 3.67. The monoisotopic (exact) mass is 333 g/mol. The number of likely N-dealkylation sites (tertiary alicyclic amines) is 2. The Morgan fingerprint density at radius 3 is 2.46 bits per heavy atom. The van der Waals surface area contributed by atoms with Crippen LogP contribution in [-0.4, -0.2) is 59.9 Å². The number of amides is 2. The molecule has 1 N–H and O–H groups in total. The van der Waals surface area contributed by atoms with Crippen LogP contribution >= 0.6 is 0 Å². The van der Waals surface area contributed by atoms with Crippen LogP contribution in [0, 0.1) is 6.92 Å². The summed E-state index contributed by atoms with van der Waals surface area (Å²) in [6.45, 7) is 7.29. The average molecular weight is 333 g/mol. The number of piperidine rings is 1. The van der Waals surface area contributed by atoms with E-state index in [1.54, 1.807) is 19.3 Å². The van der Waals surface area contributed by atoms with Gasteiger partial charge in [0.15, 0.2) is 0 Å². The van der Waals surface area contributed by atoms with Gasteiger partial charge in [-0.2, -0.15) is 0 Å². The normalized spacial score (nSPS) is 21.0. The fraction of sp³-hybridized carbons (Fsp3) is 0.667. The van der Waals surface area contributed by atoms with Crippen LogP contribution in [-0.2, 0) is 4.79 Å². The quantitative estimate of drug-likeness (QED) is 0.912. The van der Waals surface area contributed by atoms with Crippen LogP contribution in [0.3, 0.4) is 0 Å². The summed E-state index contributed by atoms with van der Waals surface area (Å²) in [6.07, 6.45) is 5.54. The summed E-state index contributed by atoms with van der Waals surface area (Å²) < 4.78 is 5.19. The van der Waals surface area contributed by atoms with Crippen molar-refractivity contribution in [2.24, 2.45) is 0 Å². The zero-order chi connectivity index (χ0) is 17.1. The van der Waals surface area contributed by atoms with Gasteiger partial charge in [-0.15, -0.1) is 0 Å². The molecule has 0 saturated carbocycles. The molecule has 2 saturated heterocycles. The first-order valence-electron chi connectivity index (χ1n) is 8.94. The summed E-state index contributed by atoms with van der Waals surface area (Å²) in [5.74, 6) is 0.833. The number of carbonyl (C=O) groups is 2. The smallest absolute Gasteiger partial charge is 0.255 e. The van der Waals surface area contributed by atoms with Crippen LogP contribution in [0.1, 0.15) is 48.7 Å². The summed E-state index contributed by atoms with van der Waals surface area (Å²) in [6, 6.07) is 1.81. The predicted molar refractivity (Wildman–Crippen MR) is 90.8 cm³/mol. The Hall–Kier alpha value is -1.82. The van der Waals surface area contributed by atoms with Crippen molar-refractivity contribution in [3.63, 3.8) is 0 Å². The minimum Gasteiger partial charge on any atom is -0.469 e. The van der Waals surface area contributed by atoms with Crippen LogP contribution in [0.25, 0.3) is 0 Å².